The van der Waals surface area contributed by atoms with Crippen molar-refractivity contribution in [2.75, 3.05) is 7.05 Å². The van der Waals surface area contributed by atoms with Gasteiger partial charge in [0.1, 0.15) is 5.01 Å². The normalized spacial score (nSPS) is 13.2. The number of rotatable bonds is 5. The van der Waals surface area contributed by atoms with Gasteiger partial charge in [0, 0.05) is 37.3 Å². The van der Waals surface area contributed by atoms with Crippen molar-refractivity contribution in [3.05, 3.63) is 34.0 Å². The Morgan fingerprint density at radius 3 is 2.83 bits per heavy atom. The zero-order valence-electron chi connectivity index (χ0n) is 11.0. The van der Waals surface area contributed by atoms with Crippen molar-refractivity contribution in [1.29, 1.82) is 0 Å². The molecule has 0 saturated heterocycles. The molecule has 0 fully saturated rings. The van der Waals surface area contributed by atoms with E-state index in [4.69, 9.17) is 5.73 Å². The molecule has 18 heavy (non-hydrogen) atoms. The molecular weight excluding hydrogens is 246 g/mol. The molecule has 0 aliphatic heterocycles. The molecule has 2 rings (SSSR count). The van der Waals surface area contributed by atoms with Gasteiger partial charge in [0.25, 0.3) is 0 Å². The maximum absolute atomic E-state index is 5.81. The summed E-state index contributed by atoms with van der Waals surface area (Å²) in [6, 6.07) is 0.0207. The van der Waals surface area contributed by atoms with Gasteiger partial charge in [-0.1, -0.05) is 0 Å². The lowest BCUT2D eigenvalue weighted by atomic mass is 10.3. The summed E-state index contributed by atoms with van der Waals surface area (Å²) in [6.45, 7) is 3.67. The van der Waals surface area contributed by atoms with Gasteiger partial charge in [-0.15, -0.1) is 11.3 Å². The second-order valence-electron chi connectivity index (χ2n) is 4.66. The summed E-state index contributed by atoms with van der Waals surface area (Å²) in [6.07, 6.45) is 3.93. The molecular formula is C12H19N5S. The van der Waals surface area contributed by atoms with Gasteiger partial charge < -0.3 is 5.73 Å². The first-order valence-corrected chi connectivity index (χ1v) is 6.78. The van der Waals surface area contributed by atoms with Gasteiger partial charge in [0.05, 0.1) is 17.9 Å². The minimum Gasteiger partial charge on any atom is -0.322 e. The molecule has 0 aliphatic carbocycles. The average Bonchev–Trinajstić information content (AvgIpc) is 2.88. The SMILES string of the molecule is CC(N)c1nc(CN(C)Cc2cnn(C)c2)cs1. The Morgan fingerprint density at radius 2 is 2.28 bits per heavy atom. The van der Waals surface area contributed by atoms with Crippen LogP contribution in [0.1, 0.15) is 29.2 Å². The maximum Gasteiger partial charge on any atom is 0.109 e. The molecule has 0 saturated carbocycles. The van der Waals surface area contributed by atoms with Crippen molar-refractivity contribution in [2.45, 2.75) is 26.1 Å². The van der Waals surface area contributed by atoms with Crippen molar-refractivity contribution in [1.82, 2.24) is 19.7 Å². The number of aromatic nitrogens is 3. The van der Waals surface area contributed by atoms with Crippen LogP contribution in [0.3, 0.4) is 0 Å². The summed E-state index contributed by atoms with van der Waals surface area (Å²) in [5.74, 6) is 0. The molecule has 2 aromatic rings. The Labute approximate surface area is 111 Å². The lowest BCUT2D eigenvalue weighted by Gasteiger charge is -2.13. The summed E-state index contributed by atoms with van der Waals surface area (Å²) < 4.78 is 1.82. The predicted molar refractivity (Wildman–Crippen MR) is 73.1 cm³/mol. The van der Waals surface area contributed by atoms with E-state index in [1.165, 1.54) is 5.56 Å². The van der Waals surface area contributed by atoms with Gasteiger partial charge in [-0.3, -0.25) is 9.58 Å². The van der Waals surface area contributed by atoms with Gasteiger partial charge >= 0.3 is 0 Å². The molecule has 2 heterocycles. The number of nitrogens with zero attached hydrogens (tertiary/aromatic N) is 4. The third kappa shape index (κ3) is 3.38. The van der Waals surface area contributed by atoms with E-state index in [0.29, 0.717) is 0 Å². The van der Waals surface area contributed by atoms with E-state index < -0.39 is 0 Å². The molecule has 2 aromatic heterocycles. The molecule has 6 heteroatoms. The Morgan fingerprint density at radius 1 is 1.50 bits per heavy atom. The lowest BCUT2D eigenvalue weighted by molar-refractivity contribution is 0.315. The molecule has 0 aromatic carbocycles. The van der Waals surface area contributed by atoms with E-state index in [1.807, 2.05) is 31.0 Å². The van der Waals surface area contributed by atoms with Gasteiger partial charge in [0.2, 0.25) is 0 Å². The van der Waals surface area contributed by atoms with Gasteiger partial charge in [-0.05, 0) is 14.0 Å². The summed E-state index contributed by atoms with van der Waals surface area (Å²) in [7, 11) is 4.01. The van der Waals surface area contributed by atoms with Crippen LogP contribution in [0.2, 0.25) is 0 Å². The fraction of sp³-hybridized carbons (Fsp3) is 0.500. The van der Waals surface area contributed by atoms with Crippen LogP contribution in [-0.4, -0.2) is 26.7 Å². The Kier molecular flexibility index (Phi) is 4.11. The highest BCUT2D eigenvalue weighted by Crippen LogP contribution is 2.17. The maximum atomic E-state index is 5.81. The van der Waals surface area contributed by atoms with Gasteiger partial charge in [-0.2, -0.15) is 5.10 Å². The van der Waals surface area contributed by atoms with Gasteiger partial charge in [0.15, 0.2) is 0 Å². The summed E-state index contributed by atoms with van der Waals surface area (Å²) in [4.78, 5) is 6.75. The minimum atomic E-state index is 0.0207. The fourth-order valence-corrected chi connectivity index (χ4v) is 2.57. The third-order valence-corrected chi connectivity index (χ3v) is 3.70. The van der Waals surface area contributed by atoms with Crippen LogP contribution < -0.4 is 5.73 Å². The molecule has 98 valence electrons. The first kappa shape index (κ1) is 13.2. The molecule has 0 bridgehead atoms. The molecule has 5 nitrogen and oxygen atoms in total. The van der Waals surface area contributed by atoms with E-state index in [9.17, 15) is 0 Å². The highest BCUT2D eigenvalue weighted by molar-refractivity contribution is 7.09. The lowest BCUT2D eigenvalue weighted by Crippen LogP contribution is -2.17. The van der Waals surface area contributed by atoms with E-state index >= 15 is 0 Å². The average molecular weight is 265 g/mol. The van der Waals surface area contributed by atoms with Crippen LogP contribution in [0.4, 0.5) is 0 Å². The first-order valence-electron chi connectivity index (χ1n) is 5.90. The minimum absolute atomic E-state index is 0.0207. The zero-order chi connectivity index (χ0) is 13.1. The summed E-state index contributed by atoms with van der Waals surface area (Å²) >= 11 is 1.63. The molecule has 0 spiro atoms. The Bertz CT molecular complexity index is 502. The van der Waals surface area contributed by atoms with Crippen LogP contribution in [0.25, 0.3) is 0 Å². The summed E-state index contributed by atoms with van der Waals surface area (Å²) in [5, 5.41) is 7.25. The van der Waals surface area contributed by atoms with E-state index in [1.54, 1.807) is 11.3 Å². The van der Waals surface area contributed by atoms with E-state index in [2.05, 4.69) is 27.4 Å². The molecule has 1 atom stereocenters. The molecule has 0 amide bonds. The quantitative estimate of drug-likeness (QED) is 0.890. The smallest absolute Gasteiger partial charge is 0.109 e. The van der Waals surface area contributed by atoms with Crippen LogP contribution in [0.15, 0.2) is 17.8 Å². The third-order valence-electron chi connectivity index (χ3n) is 2.60. The van der Waals surface area contributed by atoms with Crippen molar-refractivity contribution in [2.24, 2.45) is 12.8 Å². The largest absolute Gasteiger partial charge is 0.322 e. The highest BCUT2D eigenvalue weighted by Gasteiger charge is 2.09. The van der Waals surface area contributed by atoms with Gasteiger partial charge in [-0.25, -0.2) is 4.98 Å². The fourth-order valence-electron chi connectivity index (χ4n) is 1.80. The highest BCUT2D eigenvalue weighted by atomic mass is 32.1. The Balaban J connectivity index is 1.92. The van der Waals surface area contributed by atoms with Crippen molar-refractivity contribution in [3.8, 4) is 0 Å². The number of thiazole rings is 1. The van der Waals surface area contributed by atoms with Crippen molar-refractivity contribution in [3.63, 3.8) is 0 Å². The Hall–Kier alpha value is -1.24. The number of hydrogen-bond donors (Lipinski definition) is 1. The first-order chi connectivity index (χ1) is 8.54. The van der Waals surface area contributed by atoms with Crippen molar-refractivity contribution < 1.29 is 0 Å². The van der Waals surface area contributed by atoms with E-state index in [-0.39, 0.29) is 6.04 Å². The monoisotopic (exact) mass is 265 g/mol. The molecule has 0 aliphatic rings. The van der Waals surface area contributed by atoms with Crippen LogP contribution in [0, 0.1) is 0 Å². The summed E-state index contributed by atoms with van der Waals surface area (Å²) in [5.41, 5.74) is 8.10. The molecule has 2 N–H and O–H groups in total. The van der Waals surface area contributed by atoms with Crippen LogP contribution in [-0.2, 0) is 20.1 Å². The van der Waals surface area contributed by atoms with E-state index in [0.717, 1.165) is 23.8 Å². The second kappa shape index (κ2) is 5.60. The second-order valence-corrected chi connectivity index (χ2v) is 5.55. The standard InChI is InChI=1S/C12H19N5S/c1-9(13)12-15-11(8-18-12)7-16(2)5-10-4-14-17(3)6-10/h4,6,8-9H,5,7,13H2,1-3H3. The molecule has 1 unspecified atom stereocenters. The topological polar surface area (TPSA) is 60.0 Å². The van der Waals surface area contributed by atoms with Crippen molar-refractivity contribution >= 4 is 11.3 Å². The predicted octanol–water partition coefficient (Wildman–Crippen LogP) is 1.53. The number of aryl methyl sites for hydroxylation is 1. The van der Waals surface area contributed by atoms with Crippen LogP contribution >= 0.6 is 11.3 Å². The number of nitrogens with two attached hydrogens (primary N) is 1. The number of hydrogen-bond acceptors (Lipinski definition) is 5. The van der Waals surface area contributed by atoms with Crippen LogP contribution in [0.5, 0.6) is 0 Å². The zero-order valence-corrected chi connectivity index (χ0v) is 11.8. The molecule has 0 radical (unpaired) electrons.